The van der Waals surface area contributed by atoms with E-state index in [1.807, 2.05) is 11.3 Å². The molecule has 0 aliphatic rings. The second-order valence-corrected chi connectivity index (χ2v) is 13.6. The minimum Gasteiger partial charge on any atom is -0.309 e. The molecule has 224 valence electrons. The Morgan fingerprint density at radius 1 is 0.333 bits per heavy atom. The fourth-order valence-electron chi connectivity index (χ4n) is 7.56. The van der Waals surface area contributed by atoms with Crippen LogP contribution in [0.15, 0.2) is 176 Å². The average Bonchev–Trinajstić information content (AvgIpc) is 3.51. The van der Waals surface area contributed by atoms with Crippen LogP contribution in [0, 0.1) is 0 Å². The number of thiophene rings is 1. The van der Waals surface area contributed by atoms with E-state index in [1.54, 1.807) is 0 Å². The maximum absolute atomic E-state index is 2.47. The molecule has 10 rings (SSSR count). The molecule has 1 aromatic heterocycles. The molecule has 0 N–H and O–H groups in total. The summed E-state index contributed by atoms with van der Waals surface area (Å²) in [7, 11) is 0. The fraction of sp³-hybridized carbons (Fsp3) is 0. The van der Waals surface area contributed by atoms with Crippen molar-refractivity contribution in [1.29, 1.82) is 0 Å². The SMILES string of the molecule is c1ccc(-c2ccccc2N(c2ccc3c(c2)sc2cc4ccccc4cc23)c2cccc3c2ccc2c4ccccc4ccc32)cc1. The van der Waals surface area contributed by atoms with Gasteiger partial charge in [-0.15, -0.1) is 11.3 Å². The molecule has 0 saturated heterocycles. The van der Waals surface area contributed by atoms with Crippen LogP contribution in [0.25, 0.3) is 74.4 Å². The van der Waals surface area contributed by atoms with Crippen molar-refractivity contribution in [3.63, 3.8) is 0 Å². The smallest absolute Gasteiger partial charge is 0.0540 e. The van der Waals surface area contributed by atoms with Gasteiger partial charge >= 0.3 is 0 Å². The Morgan fingerprint density at radius 2 is 0.938 bits per heavy atom. The number of rotatable bonds is 4. The van der Waals surface area contributed by atoms with Gasteiger partial charge in [0.25, 0.3) is 0 Å². The first-order valence-corrected chi connectivity index (χ1v) is 17.2. The fourth-order valence-corrected chi connectivity index (χ4v) is 8.73. The minimum atomic E-state index is 1.15. The highest BCUT2D eigenvalue weighted by atomic mass is 32.1. The first kappa shape index (κ1) is 27.2. The van der Waals surface area contributed by atoms with Crippen LogP contribution in [0.2, 0.25) is 0 Å². The van der Waals surface area contributed by atoms with Crippen molar-refractivity contribution in [2.45, 2.75) is 0 Å². The summed E-state index contributed by atoms with van der Waals surface area (Å²) >= 11 is 1.88. The third kappa shape index (κ3) is 4.24. The minimum absolute atomic E-state index is 1.15. The number of hydrogen-bond donors (Lipinski definition) is 0. The number of fused-ring (bicyclic) bond motifs is 9. The summed E-state index contributed by atoms with van der Waals surface area (Å²) in [6.07, 6.45) is 0. The van der Waals surface area contributed by atoms with E-state index < -0.39 is 0 Å². The molecule has 0 unspecified atom stereocenters. The van der Waals surface area contributed by atoms with Crippen molar-refractivity contribution >= 4 is 91.7 Å². The van der Waals surface area contributed by atoms with Crippen LogP contribution in [-0.2, 0) is 0 Å². The highest BCUT2D eigenvalue weighted by molar-refractivity contribution is 7.25. The molecule has 48 heavy (non-hydrogen) atoms. The van der Waals surface area contributed by atoms with Gasteiger partial charge in [-0.2, -0.15) is 0 Å². The lowest BCUT2D eigenvalue weighted by Crippen LogP contribution is -2.11. The molecular formula is C46H29NS. The van der Waals surface area contributed by atoms with Gasteiger partial charge in [0.2, 0.25) is 0 Å². The number of benzene rings is 9. The molecule has 0 bridgehead atoms. The standard InChI is InChI=1S/C46H29NS/c1-2-11-30(12-3-1)36-17-8-9-19-43(36)47(34-22-24-41-42-27-32-14-4-5-15-33(32)28-45(42)48-46(41)29-34)44-20-10-18-37-39-23-21-31-13-6-7-16-35(31)38(39)25-26-40(37)44/h1-29H. The third-order valence-electron chi connectivity index (χ3n) is 9.81. The van der Waals surface area contributed by atoms with Gasteiger partial charge in [-0.3, -0.25) is 0 Å². The van der Waals surface area contributed by atoms with Gasteiger partial charge in [0.15, 0.2) is 0 Å². The van der Waals surface area contributed by atoms with E-state index >= 15 is 0 Å². The van der Waals surface area contributed by atoms with Gasteiger partial charge in [-0.05, 0) is 79.7 Å². The van der Waals surface area contributed by atoms with Crippen LogP contribution in [0.1, 0.15) is 0 Å². The zero-order valence-corrected chi connectivity index (χ0v) is 26.9. The Balaban J connectivity index is 1.25. The molecule has 0 saturated carbocycles. The number of hydrogen-bond acceptors (Lipinski definition) is 2. The highest BCUT2D eigenvalue weighted by Gasteiger charge is 2.21. The zero-order chi connectivity index (χ0) is 31.6. The van der Waals surface area contributed by atoms with Crippen molar-refractivity contribution in [2.24, 2.45) is 0 Å². The van der Waals surface area contributed by atoms with E-state index in [2.05, 4.69) is 181 Å². The highest BCUT2D eigenvalue weighted by Crippen LogP contribution is 2.47. The maximum Gasteiger partial charge on any atom is 0.0540 e. The largest absolute Gasteiger partial charge is 0.309 e. The van der Waals surface area contributed by atoms with Gasteiger partial charge in [-0.1, -0.05) is 140 Å². The molecule has 9 aromatic carbocycles. The summed E-state index contributed by atoms with van der Waals surface area (Å²) in [5.74, 6) is 0. The van der Waals surface area contributed by atoms with Gasteiger partial charge in [0, 0.05) is 36.8 Å². The predicted molar refractivity (Wildman–Crippen MR) is 209 cm³/mol. The Labute approximate surface area is 282 Å². The van der Waals surface area contributed by atoms with E-state index in [0.717, 1.165) is 17.1 Å². The molecule has 0 amide bonds. The molecule has 10 aromatic rings. The summed E-state index contributed by atoms with van der Waals surface area (Å²) in [4.78, 5) is 2.47. The topological polar surface area (TPSA) is 3.24 Å². The lowest BCUT2D eigenvalue weighted by atomic mass is 9.95. The maximum atomic E-state index is 2.47. The molecule has 0 radical (unpaired) electrons. The van der Waals surface area contributed by atoms with Crippen molar-refractivity contribution < 1.29 is 0 Å². The monoisotopic (exact) mass is 627 g/mol. The van der Waals surface area contributed by atoms with Crippen LogP contribution >= 0.6 is 11.3 Å². The summed E-state index contributed by atoms with van der Waals surface area (Å²) in [6.45, 7) is 0. The predicted octanol–water partition coefficient (Wildman–Crippen LogP) is 13.8. The number of para-hydroxylation sites is 1. The molecule has 1 heterocycles. The lowest BCUT2D eigenvalue weighted by molar-refractivity contribution is 1.30. The van der Waals surface area contributed by atoms with Crippen molar-refractivity contribution in [3.05, 3.63) is 176 Å². The molecule has 0 atom stereocenters. The summed E-state index contributed by atoms with van der Waals surface area (Å²) < 4.78 is 2.61. The van der Waals surface area contributed by atoms with Crippen molar-refractivity contribution in [3.8, 4) is 11.1 Å². The second-order valence-electron chi connectivity index (χ2n) is 12.5. The van der Waals surface area contributed by atoms with Crippen LogP contribution in [-0.4, -0.2) is 0 Å². The molecule has 0 fully saturated rings. The van der Waals surface area contributed by atoms with Crippen molar-refractivity contribution in [1.82, 2.24) is 0 Å². The van der Waals surface area contributed by atoms with Crippen LogP contribution in [0.3, 0.4) is 0 Å². The Bertz CT molecular complexity index is 2850. The van der Waals surface area contributed by atoms with Crippen LogP contribution in [0.4, 0.5) is 17.1 Å². The Morgan fingerprint density at radius 3 is 1.83 bits per heavy atom. The molecule has 0 spiro atoms. The molecule has 2 heteroatoms. The molecular weight excluding hydrogens is 599 g/mol. The van der Waals surface area contributed by atoms with Crippen LogP contribution < -0.4 is 4.90 Å². The average molecular weight is 628 g/mol. The van der Waals surface area contributed by atoms with E-state index in [1.165, 1.54) is 74.4 Å². The van der Waals surface area contributed by atoms with Gasteiger partial charge in [0.05, 0.1) is 11.4 Å². The summed E-state index contributed by atoms with van der Waals surface area (Å²) in [6, 6.07) is 64.6. The van der Waals surface area contributed by atoms with E-state index in [9.17, 15) is 0 Å². The normalized spacial score (nSPS) is 11.8. The zero-order valence-electron chi connectivity index (χ0n) is 26.1. The first-order valence-electron chi connectivity index (χ1n) is 16.4. The molecule has 1 nitrogen and oxygen atoms in total. The first-order chi connectivity index (χ1) is 23.8. The number of nitrogens with zero attached hydrogens (tertiary/aromatic N) is 1. The summed E-state index contributed by atoms with van der Waals surface area (Å²) in [5, 5.41) is 12.8. The second kappa shape index (κ2) is 10.8. The van der Waals surface area contributed by atoms with E-state index in [4.69, 9.17) is 0 Å². The molecule has 0 aliphatic carbocycles. The third-order valence-corrected chi connectivity index (χ3v) is 10.9. The molecule has 0 aliphatic heterocycles. The van der Waals surface area contributed by atoms with Gasteiger partial charge in [-0.25, -0.2) is 0 Å². The van der Waals surface area contributed by atoms with E-state index in [-0.39, 0.29) is 0 Å². The van der Waals surface area contributed by atoms with Gasteiger partial charge < -0.3 is 4.90 Å². The summed E-state index contributed by atoms with van der Waals surface area (Å²) in [5.41, 5.74) is 5.86. The van der Waals surface area contributed by atoms with Gasteiger partial charge in [0.1, 0.15) is 0 Å². The Hall–Kier alpha value is -5.96. The van der Waals surface area contributed by atoms with Crippen LogP contribution in [0.5, 0.6) is 0 Å². The quantitative estimate of drug-likeness (QED) is 0.176. The lowest BCUT2D eigenvalue weighted by Gasteiger charge is -2.29. The van der Waals surface area contributed by atoms with Crippen molar-refractivity contribution in [2.75, 3.05) is 4.90 Å². The van der Waals surface area contributed by atoms with E-state index in [0.29, 0.717) is 0 Å². The Kier molecular flexibility index (Phi) is 6.12. The number of anilines is 3.